The highest BCUT2D eigenvalue weighted by molar-refractivity contribution is 5.95. The van der Waals surface area contributed by atoms with E-state index in [0.717, 1.165) is 24.5 Å². The molecule has 4 unspecified atom stereocenters. The number of aromatic nitrogens is 4. The van der Waals surface area contributed by atoms with Gasteiger partial charge in [-0.15, -0.1) is 0 Å². The zero-order chi connectivity index (χ0) is 70.3. The number of imidazole rings is 2. The van der Waals surface area contributed by atoms with Crippen LogP contribution in [0.4, 0.5) is 0 Å². The molecule has 0 aliphatic carbocycles. The number of carbonyl (C=O) groups is 10. The Morgan fingerprint density at radius 1 is 0.442 bits per heavy atom. The lowest BCUT2D eigenvalue weighted by atomic mass is 9.67. The number of Topliss-reactive ketones (excluding diaryl/α,β-unsaturated/α-hetero) is 3. The summed E-state index contributed by atoms with van der Waals surface area (Å²) < 4.78 is 10.5. The molecule has 0 fully saturated rings. The summed E-state index contributed by atoms with van der Waals surface area (Å²) in [6.07, 6.45) is 8.91. The van der Waals surface area contributed by atoms with E-state index in [1.54, 1.807) is 66.3 Å². The minimum atomic E-state index is -1.36. The summed E-state index contributed by atoms with van der Waals surface area (Å²) in [6, 6.07) is 0. The van der Waals surface area contributed by atoms with Crippen molar-refractivity contribution >= 4 is 58.8 Å². The van der Waals surface area contributed by atoms with E-state index in [9.17, 15) is 43.2 Å². The maximum Gasteiger partial charge on any atom is 0.307 e. The summed E-state index contributed by atoms with van der Waals surface area (Å²) in [6.45, 7) is 22.5. The van der Waals surface area contributed by atoms with Gasteiger partial charge in [-0.3, -0.25) is 47.9 Å². The molecule has 2 aromatic heterocycles. The standard InChI is InChI=1S/C66H119N17O12/c1-9-11-18-81-63(93)51(44-57(87)80-31-27-71-21-16-67)46-65(5,6)53(85)42-50(62(92)83-33-29-72-22-17-68)47-66(7,8)60(90)49(43-56(86)79-32-28-73-25-23-69-19-12-58(88)94-39-14-54-75-35-36-76-54)45-64(3,4)52(84)41-48(10-2)61(91)82-34-30-74-26-24-70-20-13-59(89)95-40-15-55-77-37-38-78-55/h35-38,48-51,69-74H,9-34,39-47,67-68H2,1-8H3,(H,75,76)(H,77,78)(H,79,86)(H,80,87)(H,81,93)(H,82,91)(H,83,92). The number of hydrogen-bond acceptors (Lipinski definition) is 22. The van der Waals surface area contributed by atoms with Gasteiger partial charge in [-0.1, -0.05) is 61.8 Å². The molecule has 2 rings (SSSR count). The first-order chi connectivity index (χ1) is 45.4. The Morgan fingerprint density at radius 2 is 0.800 bits per heavy atom. The van der Waals surface area contributed by atoms with Crippen molar-refractivity contribution < 1.29 is 57.4 Å². The van der Waals surface area contributed by atoms with E-state index in [-0.39, 0.29) is 125 Å². The average Bonchev–Trinajstić information content (AvgIpc) is 1.29. The fourth-order valence-corrected chi connectivity index (χ4v) is 10.7. The van der Waals surface area contributed by atoms with Gasteiger partial charge in [0.1, 0.15) is 29.0 Å². The number of nitrogens with one attached hydrogen (secondary N) is 13. The number of esters is 2. The van der Waals surface area contributed by atoms with Crippen molar-refractivity contribution in [2.45, 2.75) is 145 Å². The molecule has 2 aromatic rings. The number of nitrogens with zero attached hydrogens (tertiary/aromatic N) is 2. The number of ether oxygens (including phenoxy) is 2. The van der Waals surface area contributed by atoms with Crippen LogP contribution < -0.4 is 70.0 Å². The van der Waals surface area contributed by atoms with Gasteiger partial charge in [0.15, 0.2) is 0 Å². The van der Waals surface area contributed by atoms with Crippen LogP contribution in [0.25, 0.3) is 0 Å². The highest BCUT2D eigenvalue weighted by atomic mass is 16.5. The minimum absolute atomic E-state index is 0.00416. The summed E-state index contributed by atoms with van der Waals surface area (Å²) in [5, 5.41) is 33.7. The predicted octanol–water partition coefficient (Wildman–Crippen LogP) is 0.0121. The van der Waals surface area contributed by atoms with E-state index in [4.69, 9.17) is 20.9 Å². The largest absolute Gasteiger partial charge is 0.465 e. The lowest BCUT2D eigenvalue weighted by Crippen LogP contribution is -2.44. The summed E-state index contributed by atoms with van der Waals surface area (Å²) >= 11 is 0. The monoisotopic (exact) mass is 1340 g/mol. The van der Waals surface area contributed by atoms with E-state index in [0.29, 0.717) is 131 Å². The molecule has 0 aromatic carbocycles. The molecule has 0 saturated carbocycles. The number of ketones is 3. The van der Waals surface area contributed by atoms with Gasteiger partial charge in [0.2, 0.25) is 29.5 Å². The Bertz CT molecular complexity index is 2530. The number of amides is 5. The highest BCUT2D eigenvalue weighted by Crippen LogP contribution is 2.40. The first-order valence-corrected chi connectivity index (χ1v) is 34.3. The molecule has 0 bridgehead atoms. The zero-order valence-corrected chi connectivity index (χ0v) is 58.3. The van der Waals surface area contributed by atoms with E-state index >= 15 is 4.79 Å². The number of rotatable bonds is 59. The Kier molecular flexibility index (Phi) is 43.6. The maximum absolute atomic E-state index is 15.3. The molecule has 29 heteroatoms. The number of carbonyl (C=O) groups excluding carboxylic acids is 10. The molecule has 5 amide bonds. The number of aromatic amines is 2. The second-order valence-electron chi connectivity index (χ2n) is 26.0. The predicted molar refractivity (Wildman–Crippen MR) is 364 cm³/mol. The van der Waals surface area contributed by atoms with Crippen molar-refractivity contribution in [1.82, 2.24) is 78.4 Å². The SMILES string of the molecule is CCCCNC(=O)C(CC(=O)NCCNCCN)CC(C)(C)C(=O)CC(CC(C)(C)C(=O)C(CC(=O)NCCNCCNCCC(=O)OCCc1ncc[nH]1)CC(C)(C)C(=O)CC(CC)C(=O)NCCNCCNCCC(=O)OCCc1ncc[nH]1)C(=O)NCCNCCN. The smallest absolute Gasteiger partial charge is 0.307 e. The Hall–Kier alpha value is -6.60. The normalized spacial score (nSPS) is 13.0. The lowest BCUT2D eigenvalue weighted by molar-refractivity contribution is -0.144. The number of nitrogens with two attached hydrogens (primary N) is 2. The molecule has 0 spiro atoms. The third kappa shape index (κ3) is 38.1. The molecule has 29 nitrogen and oxygen atoms in total. The van der Waals surface area contributed by atoms with E-state index in [2.05, 4.69) is 78.4 Å². The molecule has 95 heavy (non-hydrogen) atoms. The van der Waals surface area contributed by atoms with Crippen molar-refractivity contribution in [3.8, 4) is 0 Å². The van der Waals surface area contributed by atoms with Crippen molar-refractivity contribution in [3.63, 3.8) is 0 Å². The fourth-order valence-electron chi connectivity index (χ4n) is 10.7. The van der Waals surface area contributed by atoms with Crippen molar-refractivity contribution in [3.05, 3.63) is 36.4 Å². The van der Waals surface area contributed by atoms with Crippen LogP contribution >= 0.6 is 0 Å². The fraction of sp³-hybridized carbons (Fsp3) is 0.758. The van der Waals surface area contributed by atoms with Gasteiger partial charge in [-0.25, -0.2) is 9.97 Å². The third-order valence-electron chi connectivity index (χ3n) is 16.4. The summed E-state index contributed by atoms with van der Waals surface area (Å²) in [7, 11) is 0. The summed E-state index contributed by atoms with van der Waals surface area (Å²) in [5.41, 5.74) is 7.47. The van der Waals surface area contributed by atoms with Crippen LogP contribution in [0.2, 0.25) is 0 Å². The van der Waals surface area contributed by atoms with E-state index < -0.39 is 57.5 Å². The molecular weight excluding hydrogens is 1220 g/mol. The second kappa shape index (κ2) is 49.0. The molecule has 2 heterocycles. The van der Waals surface area contributed by atoms with Crippen molar-refractivity contribution in [2.24, 2.45) is 51.4 Å². The highest BCUT2D eigenvalue weighted by Gasteiger charge is 2.44. The van der Waals surface area contributed by atoms with Gasteiger partial charge in [0, 0.05) is 228 Å². The van der Waals surface area contributed by atoms with Gasteiger partial charge >= 0.3 is 11.9 Å². The van der Waals surface area contributed by atoms with Gasteiger partial charge in [0.05, 0.1) is 26.1 Å². The summed E-state index contributed by atoms with van der Waals surface area (Å²) in [4.78, 5) is 152. The van der Waals surface area contributed by atoms with Crippen LogP contribution in [0.15, 0.2) is 24.8 Å². The topological polar surface area (TPSA) is 431 Å². The van der Waals surface area contributed by atoms with Crippen LogP contribution in [0.5, 0.6) is 0 Å². The number of unbranched alkanes of at least 4 members (excludes halogenated alkanes) is 1. The minimum Gasteiger partial charge on any atom is -0.465 e. The van der Waals surface area contributed by atoms with Gasteiger partial charge in [-0.2, -0.15) is 0 Å². The van der Waals surface area contributed by atoms with Crippen LogP contribution in [0, 0.1) is 39.9 Å². The Labute approximate surface area is 563 Å². The lowest BCUT2D eigenvalue weighted by Gasteiger charge is -2.35. The van der Waals surface area contributed by atoms with E-state index in [1.165, 1.54) is 0 Å². The first-order valence-electron chi connectivity index (χ1n) is 34.3. The average molecular weight is 1340 g/mol. The van der Waals surface area contributed by atoms with Gasteiger partial charge in [0.25, 0.3) is 0 Å². The molecule has 0 radical (unpaired) electrons. The first kappa shape index (κ1) is 84.5. The third-order valence-corrected chi connectivity index (χ3v) is 16.4. The number of hydrogen-bond donors (Lipinski definition) is 15. The molecule has 0 saturated heterocycles. The Morgan fingerprint density at radius 3 is 1.22 bits per heavy atom. The molecule has 17 N–H and O–H groups in total. The van der Waals surface area contributed by atoms with Crippen LogP contribution in [0.3, 0.4) is 0 Å². The molecule has 0 aliphatic rings. The molecule has 0 aliphatic heterocycles. The molecule has 540 valence electrons. The van der Waals surface area contributed by atoms with Crippen molar-refractivity contribution in [2.75, 3.05) is 138 Å². The van der Waals surface area contributed by atoms with Crippen LogP contribution in [-0.2, 0) is 70.3 Å². The molecule has 4 atom stereocenters. The second-order valence-corrected chi connectivity index (χ2v) is 26.0. The summed E-state index contributed by atoms with van der Waals surface area (Å²) in [5.74, 6) is -5.78. The van der Waals surface area contributed by atoms with Crippen molar-refractivity contribution in [1.29, 1.82) is 0 Å². The zero-order valence-electron chi connectivity index (χ0n) is 58.3. The molecular formula is C66H119N17O12. The quantitative estimate of drug-likeness (QED) is 0.0306. The maximum atomic E-state index is 15.3. The van der Waals surface area contributed by atoms with E-state index in [1.807, 2.05) is 13.8 Å². The van der Waals surface area contributed by atoms with Crippen LogP contribution in [-0.4, -0.2) is 216 Å². The van der Waals surface area contributed by atoms with Crippen LogP contribution in [0.1, 0.15) is 144 Å². The Balaban J connectivity index is 2.26. The number of H-pyrrole nitrogens is 2. The van der Waals surface area contributed by atoms with Gasteiger partial charge < -0.3 is 89.4 Å². The van der Waals surface area contributed by atoms with Gasteiger partial charge in [-0.05, 0) is 32.1 Å².